The zero-order valence-corrected chi connectivity index (χ0v) is 6.17. The van der Waals surface area contributed by atoms with Crippen LogP contribution < -0.4 is 4.74 Å². The van der Waals surface area contributed by atoms with Crippen LogP contribution in [0.4, 0.5) is 0 Å². The van der Waals surface area contributed by atoms with Gasteiger partial charge in [0.05, 0.1) is 6.61 Å². The molecule has 0 aliphatic carbocycles. The Morgan fingerprint density at radius 1 is 1.60 bits per heavy atom. The summed E-state index contributed by atoms with van der Waals surface area (Å²) in [5.41, 5.74) is 0. The molecule has 5 heteroatoms. The fourth-order valence-corrected chi connectivity index (χ4v) is 0.614. The third-order valence-electron chi connectivity index (χ3n) is 0.818. The number of hydrogen-bond acceptors (Lipinski definition) is 4. The summed E-state index contributed by atoms with van der Waals surface area (Å²) in [6, 6.07) is 1.51. The highest BCUT2D eigenvalue weighted by Crippen LogP contribution is 2.08. The van der Waals surface area contributed by atoms with Gasteiger partial charge in [-0.05, 0) is 12.1 Å². The standard InChI is InChI=1S/C5H6ClN3O/c1-2-10-5-3-4(6)7-9-8-5/h3H,2H2,1H3. The van der Waals surface area contributed by atoms with Gasteiger partial charge in [0, 0.05) is 6.07 Å². The topological polar surface area (TPSA) is 47.9 Å². The van der Waals surface area contributed by atoms with Crippen molar-refractivity contribution < 1.29 is 4.74 Å². The van der Waals surface area contributed by atoms with Gasteiger partial charge in [-0.15, -0.1) is 5.10 Å². The minimum atomic E-state index is 0.290. The van der Waals surface area contributed by atoms with Crippen molar-refractivity contribution in [2.45, 2.75) is 6.92 Å². The lowest BCUT2D eigenvalue weighted by atomic mass is 10.6. The van der Waals surface area contributed by atoms with Gasteiger partial charge in [-0.1, -0.05) is 16.7 Å². The van der Waals surface area contributed by atoms with Gasteiger partial charge in [-0.25, -0.2) is 0 Å². The average Bonchev–Trinajstić information content (AvgIpc) is 1.88. The van der Waals surface area contributed by atoms with Crippen molar-refractivity contribution in [2.75, 3.05) is 6.61 Å². The van der Waals surface area contributed by atoms with Gasteiger partial charge in [0.1, 0.15) is 0 Å². The van der Waals surface area contributed by atoms with Crippen LogP contribution in [0.1, 0.15) is 6.92 Å². The quantitative estimate of drug-likeness (QED) is 0.644. The number of halogens is 1. The van der Waals surface area contributed by atoms with Crippen LogP contribution in [0.5, 0.6) is 5.88 Å². The Balaban J connectivity index is 2.75. The third-order valence-corrected chi connectivity index (χ3v) is 1.00. The second kappa shape index (κ2) is 3.31. The van der Waals surface area contributed by atoms with Gasteiger partial charge in [0.25, 0.3) is 0 Å². The van der Waals surface area contributed by atoms with E-state index in [0.29, 0.717) is 17.6 Å². The third kappa shape index (κ3) is 1.80. The molecule has 0 amide bonds. The summed E-state index contributed by atoms with van der Waals surface area (Å²) in [6.45, 7) is 2.41. The molecule has 0 atom stereocenters. The minimum Gasteiger partial charge on any atom is -0.477 e. The first-order chi connectivity index (χ1) is 4.83. The first-order valence-electron chi connectivity index (χ1n) is 2.81. The monoisotopic (exact) mass is 159 g/mol. The Morgan fingerprint density at radius 3 is 3.00 bits per heavy atom. The van der Waals surface area contributed by atoms with Crippen LogP contribution >= 0.6 is 11.6 Å². The van der Waals surface area contributed by atoms with E-state index < -0.39 is 0 Å². The Hall–Kier alpha value is -0.900. The normalized spacial score (nSPS) is 9.40. The molecule has 0 bridgehead atoms. The summed E-state index contributed by atoms with van der Waals surface area (Å²) in [6.07, 6.45) is 0. The first kappa shape index (κ1) is 7.21. The molecule has 0 radical (unpaired) electrons. The van der Waals surface area contributed by atoms with E-state index >= 15 is 0 Å². The first-order valence-corrected chi connectivity index (χ1v) is 3.19. The van der Waals surface area contributed by atoms with E-state index in [1.807, 2.05) is 6.92 Å². The fraction of sp³-hybridized carbons (Fsp3) is 0.400. The lowest BCUT2D eigenvalue weighted by Gasteiger charge is -1.97. The van der Waals surface area contributed by atoms with E-state index in [4.69, 9.17) is 16.3 Å². The largest absolute Gasteiger partial charge is 0.477 e. The number of nitrogens with zero attached hydrogens (tertiary/aromatic N) is 3. The van der Waals surface area contributed by atoms with Crippen LogP contribution in [-0.2, 0) is 0 Å². The van der Waals surface area contributed by atoms with Gasteiger partial charge in [-0.3, -0.25) is 0 Å². The SMILES string of the molecule is CCOc1cc(Cl)nnn1. The molecule has 0 N–H and O–H groups in total. The zero-order chi connectivity index (χ0) is 7.40. The predicted octanol–water partition coefficient (Wildman–Crippen LogP) is 0.924. The summed E-state index contributed by atoms with van der Waals surface area (Å²) in [4.78, 5) is 0. The van der Waals surface area contributed by atoms with Crippen molar-refractivity contribution in [1.29, 1.82) is 0 Å². The molecule has 0 aliphatic heterocycles. The highest BCUT2D eigenvalue weighted by atomic mass is 35.5. The summed E-state index contributed by atoms with van der Waals surface area (Å²) < 4.78 is 4.99. The van der Waals surface area contributed by atoms with Gasteiger partial charge < -0.3 is 4.74 Å². The van der Waals surface area contributed by atoms with E-state index in [1.54, 1.807) is 0 Å². The number of hydrogen-bond donors (Lipinski definition) is 0. The van der Waals surface area contributed by atoms with Crippen molar-refractivity contribution in [2.24, 2.45) is 0 Å². The molecule has 1 heterocycles. The summed E-state index contributed by atoms with van der Waals surface area (Å²) in [5.74, 6) is 0.405. The van der Waals surface area contributed by atoms with E-state index in [1.165, 1.54) is 6.07 Å². The zero-order valence-electron chi connectivity index (χ0n) is 5.41. The molecular formula is C5H6ClN3O. The lowest BCUT2D eigenvalue weighted by Crippen LogP contribution is -1.96. The Morgan fingerprint density at radius 2 is 2.40 bits per heavy atom. The maximum Gasteiger partial charge on any atom is 0.238 e. The highest BCUT2D eigenvalue weighted by Gasteiger charge is 1.95. The second-order valence-corrected chi connectivity index (χ2v) is 1.92. The molecule has 0 saturated heterocycles. The molecular weight excluding hydrogens is 154 g/mol. The van der Waals surface area contributed by atoms with Gasteiger partial charge in [0.2, 0.25) is 5.88 Å². The summed E-state index contributed by atoms with van der Waals surface area (Å²) in [7, 11) is 0. The van der Waals surface area contributed by atoms with Crippen LogP contribution in [0.15, 0.2) is 6.07 Å². The maximum absolute atomic E-state index is 5.49. The highest BCUT2D eigenvalue weighted by molar-refractivity contribution is 6.29. The molecule has 0 unspecified atom stereocenters. The molecule has 0 aromatic carbocycles. The van der Waals surface area contributed by atoms with E-state index in [0.717, 1.165) is 0 Å². The maximum atomic E-state index is 5.49. The Labute approximate surface area is 63.2 Å². The molecule has 0 fully saturated rings. The fourth-order valence-electron chi connectivity index (χ4n) is 0.487. The molecule has 54 valence electrons. The molecule has 1 rings (SSSR count). The van der Waals surface area contributed by atoms with E-state index in [-0.39, 0.29) is 0 Å². The van der Waals surface area contributed by atoms with Crippen LogP contribution in [0.2, 0.25) is 5.15 Å². The number of aromatic nitrogens is 3. The van der Waals surface area contributed by atoms with Crippen molar-refractivity contribution >= 4 is 11.6 Å². The summed E-state index contributed by atoms with van der Waals surface area (Å²) in [5, 5.41) is 10.6. The Bertz CT molecular complexity index is 218. The molecule has 10 heavy (non-hydrogen) atoms. The van der Waals surface area contributed by atoms with Crippen LogP contribution in [0.25, 0.3) is 0 Å². The number of rotatable bonds is 2. The predicted molar refractivity (Wildman–Crippen MR) is 36.0 cm³/mol. The molecule has 0 aliphatic rings. The number of ether oxygens (including phenoxy) is 1. The minimum absolute atomic E-state index is 0.290. The van der Waals surface area contributed by atoms with Gasteiger partial charge in [-0.2, -0.15) is 0 Å². The lowest BCUT2D eigenvalue weighted by molar-refractivity contribution is 0.320. The van der Waals surface area contributed by atoms with Gasteiger partial charge >= 0.3 is 0 Å². The van der Waals surface area contributed by atoms with E-state index in [2.05, 4.69) is 15.4 Å². The van der Waals surface area contributed by atoms with Crippen molar-refractivity contribution in [3.8, 4) is 5.88 Å². The molecule has 0 saturated carbocycles. The molecule has 4 nitrogen and oxygen atoms in total. The van der Waals surface area contributed by atoms with E-state index in [9.17, 15) is 0 Å². The second-order valence-electron chi connectivity index (χ2n) is 1.53. The smallest absolute Gasteiger partial charge is 0.238 e. The van der Waals surface area contributed by atoms with Crippen LogP contribution in [-0.4, -0.2) is 22.0 Å². The van der Waals surface area contributed by atoms with Gasteiger partial charge in [0.15, 0.2) is 5.15 Å². The molecule has 0 spiro atoms. The Kier molecular flexibility index (Phi) is 2.39. The van der Waals surface area contributed by atoms with Crippen LogP contribution in [0, 0.1) is 0 Å². The average molecular weight is 160 g/mol. The van der Waals surface area contributed by atoms with Crippen LogP contribution in [0.3, 0.4) is 0 Å². The summed E-state index contributed by atoms with van der Waals surface area (Å²) >= 11 is 5.49. The molecule has 1 aromatic heterocycles. The van der Waals surface area contributed by atoms with Crippen molar-refractivity contribution in [1.82, 2.24) is 15.4 Å². The van der Waals surface area contributed by atoms with Crippen molar-refractivity contribution in [3.05, 3.63) is 11.2 Å². The van der Waals surface area contributed by atoms with Crippen molar-refractivity contribution in [3.63, 3.8) is 0 Å². The molecule has 1 aromatic rings.